The summed E-state index contributed by atoms with van der Waals surface area (Å²) in [5, 5.41) is 11.9. The van der Waals surface area contributed by atoms with E-state index in [-0.39, 0.29) is 36.2 Å². The molecule has 4 atom stereocenters. The van der Waals surface area contributed by atoms with Crippen molar-refractivity contribution in [2.24, 2.45) is 17.8 Å². The summed E-state index contributed by atoms with van der Waals surface area (Å²) in [6.07, 6.45) is 0.0721. The third-order valence-corrected chi connectivity index (χ3v) is 7.14. The first kappa shape index (κ1) is 20.5. The number of benzene rings is 2. The second-order valence-electron chi connectivity index (χ2n) is 8.96. The van der Waals surface area contributed by atoms with Crippen LogP contribution in [0.4, 0.5) is 4.79 Å². The molecule has 2 aromatic carbocycles. The van der Waals surface area contributed by atoms with Crippen molar-refractivity contribution in [2.75, 3.05) is 19.7 Å². The summed E-state index contributed by atoms with van der Waals surface area (Å²) in [5.41, 5.74) is 4.57. The van der Waals surface area contributed by atoms with Gasteiger partial charge in [-0.3, -0.25) is 9.59 Å². The highest BCUT2D eigenvalue weighted by Crippen LogP contribution is 2.51. The summed E-state index contributed by atoms with van der Waals surface area (Å²) in [6, 6.07) is 15.5. The van der Waals surface area contributed by atoms with Crippen LogP contribution in [0, 0.1) is 17.8 Å². The monoisotopic (exact) mass is 434 g/mol. The number of aliphatic carboxylic acids is 1. The average molecular weight is 434 g/mol. The zero-order valence-electron chi connectivity index (χ0n) is 17.9. The van der Waals surface area contributed by atoms with E-state index in [0.717, 1.165) is 22.3 Å². The van der Waals surface area contributed by atoms with Crippen LogP contribution in [-0.2, 0) is 14.3 Å². The zero-order chi connectivity index (χ0) is 22.4. The summed E-state index contributed by atoms with van der Waals surface area (Å²) in [5.74, 6) is -1.14. The van der Waals surface area contributed by atoms with Crippen molar-refractivity contribution in [1.29, 1.82) is 0 Å². The van der Waals surface area contributed by atoms with Gasteiger partial charge >= 0.3 is 12.1 Å². The summed E-state index contributed by atoms with van der Waals surface area (Å²) in [6.45, 7) is 2.80. The van der Waals surface area contributed by atoms with E-state index >= 15 is 0 Å². The molecule has 0 radical (unpaired) electrons. The summed E-state index contributed by atoms with van der Waals surface area (Å²) < 4.78 is 5.53. The lowest BCUT2D eigenvalue weighted by Crippen LogP contribution is -2.49. The first-order chi connectivity index (χ1) is 15.5. The molecule has 2 aromatic rings. The number of hydrogen-bond acceptors (Lipinski definition) is 4. The molecule has 7 nitrogen and oxygen atoms in total. The summed E-state index contributed by atoms with van der Waals surface area (Å²) in [7, 11) is 0. The van der Waals surface area contributed by atoms with E-state index in [1.54, 1.807) is 11.8 Å². The molecule has 32 heavy (non-hydrogen) atoms. The van der Waals surface area contributed by atoms with Crippen molar-refractivity contribution in [1.82, 2.24) is 10.2 Å². The van der Waals surface area contributed by atoms with E-state index in [9.17, 15) is 19.5 Å². The Morgan fingerprint density at radius 3 is 2.31 bits per heavy atom. The number of likely N-dealkylation sites (tertiary alicyclic amines) is 1. The molecule has 2 aliphatic carbocycles. The number of piperidine rings is 1. The first-order valence-corrected chi connectivity index (χ1v) is 11.1. The Bertz CT molecular complexity index is 1040. The molecule has 0 spiro atoms. The van der Waals surface area contributed by atoms with Crippen molar-refractivity contribution >= 4 is 18.0 Å². The number of hydrogen-bond donors (Lipinski definition) is 2. The number of alkyl carbamates (subject to hydrolysis) is 1. The largest absolute Gasteiger partial charge is 0.481 e. The van der Waals surface area contributed by atoms with Crippen LogP contribution in [0.15, 0.2) is 48.5 Å². The van der Waals surface area contributed by atoms with Crippen molar-refractivity contribution in [2.45, 2.75) is 25.3 Å². The number of nitrogens with one attached hydrogen (secondary N) is 1. The van der Waals surface area contributed by atoms with Gasteiger partial charge in [-0.15, -0.1) is 0 Å². The molecular weight excluding hydrogens is 408 g/mol. The molecule has 7 heteroatoms. The van der Waals surface area contributed by atoms with Crippen LogP contribution in [0.2, 0.25) is 0 Å². The minimum Gasteiger partial charge on any atom is -0.481 e. The van der Waals surface area contributed by atoms with Crippen LogP contribution in [-0.4, -0.2) is 53.7 Å². The smallest absolute Gasteiger partial charge is 0.407 e. The number of carbonyl (C=O) groups is 3. The number of fused-ring (bicyclic) bond motifs is 4. The van der Waals surface area contributed by atoms with Gasteiger partial charge in [0, 0.05) is 19.0 Å². The van der Waals surface area contributed by atoms with E-state index in [0.29, 0.717) is 19.5 Å². The molecule has 0 bridgehead atoms. The molecule has 2 amide bonds. The molecule has 0 aromatic heterocycles. The van der Waals surface area contributed by atoms with Crippen molar-refractivity contribution in [3.8, 4) is 11.1 Å². The minimum atomic E-state index is -0.779. The van der Waals surface area contributed by atoms with E-state index < -0.39 is 18.1 Å². The molecule has 2 N–H and O–H groups in total. The Kier molecular flexibility index (Phi) is 5.12. The Morgan fingerprint density at radius 1 is 1.06 bits per heavy atom. The second-order valence-corrected chi connectivity index (χ2v) is 8.96. The van der Waals surface area contributed by atoms with Gasteiger partial charge in [-0.2, -0.15) is 0 Å². The third-order valence-electron chi connectivity index (χ3n) is 7.14. The molecule has 4 unspecified atom stereocenters. The quantitative estimate of drug-likeness (QED) is 0.754. The molecule has 1 saturated heterocycles. The van der Waals surface area contributed by atoms with Crippen molar-refractivity contribution in [3.63, 3.8) is 0 Å². The summed E-state index contributed by atoms with van der Waals surface area (Å²) in [4.78, 5) is 38.1. The van der Waals surface area contributed by atoms with Gasteiger partial charge in [0.25, 0.3) is 0 Å². The number of carboxylic acid groups (broad SMARTS) is 1. The highest BCUT2D eigenvalue weighted by atomic mass is 16.5. The lowest BCUT2D eigenvalue weighted by Gasteiger charge is -2.29. The van der Waals surface area contributed by atoms with Crippen LogP contribution in [0.1, 0.15) is 30.4 Å². The fraction of sp³-hybridized carbons (Fsp3) is 0.400. The first-order valence-electron chi connectivity index (χ1n) is 11.1. The molecule has 166 valence electrons. The van der Waals surface area contributed by atoms with Crippen LogP contribution in [0.25, 0.3) is 11.1 Å². The lowest BCUT2D eigenvalue weighted by molar-refractivity contribution is -0.139. The number of amides is 2. The lowest BCUT2D eigenvalue weighted by atomic mass is 9.98. The van der Waals surface area contributed by atoms with Gasteiger partial charge in [0.05, 0.1) is 5.92 Å². The second kappa shape index (κ2) is 7.97. The van der Waals surface area contributed by atoms with Gasteiger partial charge in [-0.05, 0) is 47.4 Å². The molecule has 2 fully saturated rings. The fourth-order valence-electron chi connectivity index (χ4n) is 5.46. The van der Waals surface area contributed by atoms with Crippen LogP contribution in [0.5, 0.6) is 0 Å². The number of rotatable bonds is 5. The predicted molar refractivity (Wildman–Crippen MR) is 117 cm³/mol. The van der Waals surface area contributed by atoms with Crippen LogP contribution in [0.3, 0.4) is 0 Å². The van der Waals surface area contributed by atoms with E-state index in [1.807, 2.05) is 24.3 Å². The molecule has 1 aliphatic heterocycles. The van der Waals surface area contributed by atoms with Gasteiger partial charge in [0.15, 0.2) is 0 Å². The van der Waals surface area contributed by atoms with E-state index in [1.165, 1.54) is 0 Å². The minimum absolute atomic E-state index is 0.0341. The maximum atomic E-state index is 12.8. The molecular formula is C25H26N2O5. The Morgan fingerprint density at radius 2 is 1.69 bits per heavy atom. The maximum Gasteiger partial charge on any atom is 0.407 e. The maximum absolute atomic E-state index is 12.8. The Balaban J connectivity index is 1.17. The van der Waals surface area contributed by atoms with Gasteiger partial charge in [-0.1, -0.05) is 48.5 Å². The number of carboxylic acids is 1. The molecule has 5 rings (SSSR count). The molecule has 1 heterocycles. The van der Waals surface area contributed by atoms with Gasteiger partial charge in [0.2, 0.25) is 5.91 Å². The number of carbonyl (C=O) groups excluding carboxylic acids is 2. The van der Waals surface area contributed by atoms with Crippen LogP contribution >= 0.6 is 0 Å². The fourth-order valence-corrected chi connectivity index (χ4v) is 5.46. The molecule has 1 saturated carbocycles. The summed E-state index contributed by atoms with van der Waals surface area (Å²) >= 11 is 0. The standard InChI is InChI=1S/C25H26N2O5/c1-14(23(28)27-11-10-19-20(12-27)22(19)24(29)30)26-25(31)32-13-21-17-8-4-2-6-15(17)16-7-3-5-9-18(16)21/h2-9,14,19-22H,10-13H2,1H3,(H,26,31)(H,29,30). The SMILES string of the molecule is CC(NC(=O)OCC1c2ccccc2-c2ccccc21)C(=O)N1CCC2C(C1)C2C(=O)O. The predicted octanol–water partition coefficient (Wildman–Crippen LogP) is 3.09. The van der Waals surface area contributed by atoms with Gasteiger partial charge in [0.1, 0.15) is 12.6 Å². The number of nitrogens with zero attached hydrogens (tertiary/aromatic N) is 1. The van der Waals surface area contributed by atoms with Crippen LogP contribution < -0.4 is 5.32 Å². The normalized spacial score (nSPS) is 24.0. The van der Waals surface area contributed by atoms with Crippen molar-refractivity contribution < 1.29 is 24.2 Å². The Hall–Kier alpha value is -3.35. The highest BCUT2D eigenvalue weighted by molar-refractivity contribution is 5.86. The molecule has 3 aliphatic rings. The van der Waals surface area contributed by atoms with Crippen molar-refractivity contribution in [3.05, 3.63) is 59.7 Å². The van der Waals surface area contributed by atoms with E-state index in [2.05, 4.69) is 29.6 Å². The Labute approximate surface area is 186 Å². The average Bonchev–Trinajstić information content (AvgIpc) is 3.44. The van der Waals surface area contributed by atoms with Gasteiger partial charge < -0.3 is 20.1 Å². The van der Waals surface area contributed by atoms with Gasteiger partial charge in [-0.25, -0.2) is 4.79 Å². The number of ether oxygens (including phenoxy) is 1. The third kappa shape index (κ3) is 3.51. The van der Waals surface area contributed by atoms with E-state index in [4.69, 9.17) is 4.74 Å². The topological polar surface area (TPSA) is 95.9 Å². The zero-order valence-corrected chi connectivity index (χ0v) is 17.9. The highest BCUT2D eigenvalue weighted by Gasteiger charge is 2.57.